The third-order valence-corrected chi connectivity index (χ3v) is 2.84. The van der Waals surface area contributed by atoms with E-state index in [4.69, 9.17) is 5.73 Å². The largest absolute Gasteiger partial charge is 0.325 e. The van der Waals surface area contributed by atoms with Crippen molar-refractivity contribution in [1.29, 1.82) is 0 Å². The molecule has 1 aliphatic heterocycles. The minimum Gasteiger partial charge on any atom is -0.325 e. The fourth-order valence-corrected chi connectivity index (χ4v) is 1.82. The van der Waals surface area contributed by atoms with Gasteiger partial charge in [0.15, 0.2) is 0 Å². The first-order chi connectivity index (χ1) is 7.45. The van der Waals surface area contributed by atoms with Crippen molar-refractivity contribution in [3.63, 3.8) is 0 Å². The first-order valence-corrected chi connectivity index (χ1v) is 4.93. The Morgan fingerprint density at radius 2 is 2.19 bits per heavy atom. The van der Waals surface area contributed by atoms with E-state index in [1.54, 1.807) is 13.1 Å². The fourth-order valence-electron chi connectivity index (χ4n) is 1.82. The number of amides is 1. The number of hydrogen-bond donors (Lipinski definition) is 1. The number of carbonyl (C=O) groups is 1. The van der Waals surface area contributed by atoms with Crippen LogP contribution in [0.25, 0.3) is 0 Å². The molecule has 16 heavy (non-hydrogen) atoms. The quantitative estimate of drug-likeness (QED) is 0.825. The Hall–Kier alpha value is -1.49. The smallest absolute Gasteiger partial charge is 0.285 e. The minimum atomic E-state index is -3.03. The third kappa shape index (κ3) is 1.57. The average Bonchev–Trinajstić information content (AvgIpc) is 2.54. The Morgan fingerprint density at radius 1 is 1.50 bits per heavy atom. The van der Waals surface area contributed by atoms with E-state index in [0.29, 0.717) is 11.3 Å². The summed E-state index contributed by atoms with van der Waals surface area (Å²) in [6.07, 6.45) is 0.181. The molecule has 0 aliphatic carbocycles. The molecular formula is C11H12F2N2O. The summed E-state index contributed by atoms with van der Waals surface area (Å²) in [7, 11) is 1.63. The van der Waals surface area contributed by atoms with Crippen molar-refractivity contribution in [1.82, 2.24) is 0 Å². The molecule has 1 aliphatic rings. The van der Waals surface area contributed by atoms with Crippen LogP contribution in [-0.4, -0.2) is 19.5 Å². The van der Waals surface area contributed by atoms with Crippen molar-refractivity contribution in [2.24, 2.45) is 5.73 Å². The predicted molar refractivity (Wildman–Crippen MR) is 56.5 cm³/mol. The number of nitrogens with two attached hydrogens (primary N) is 1. The zero-order valence-corrected chi connectivity index (χ0v) is 8.84. The summed E-state index contributed by atoms with van der Waals surface area (Å²) in [5.74, 6) is -3.11. The number of nitrogens with zero attached hydrogens (tertiary/aromatic N) is 1. The Labute approximate surface area is 91.8 Å². The van der Waals surface area contributed by atoms with Crippen LogP contribution in [0.1, 0.15) is 11.1 Å². The summed E-state index contributed by atoms with van der Waals surface area (Å²) in [4.78, 5) is 12.8. The van der Waals surface area contributed by atoms with Crippen molar-refractivity contribution in [3.8, 4) is 0 Å². The van der Waals surface area contributed by atoms with Gasteiger partial charge in [-0.1, -0.05) is 6.07 Å². The van der Waals surface area contributed by atoms with E-state index in [1.807, 2.05) is 0 Å². The van der Waals surface area contributed by atoms with Gasteiger partial charge in [-0.05, 0) is 17.7 Å². The second kappa shape index (κ2) is 3.52. The molecule has 0 radical (unpaired) electrons. The number of anilines is 1. The normalized spacial score (nSPS) is 15.5. The second-order valence-corrected chi connectivity index (χ2v) is 3.88. The maximum Gasteiger partial charge on any atom is 0.285 e. The second-order valence-electron chi connectivity index (χ2n) is 3.88. The molecule has 0 atom stereocenters. The van der Waals surface area contributed by atoms with Crippen molar-refractivity contribution < 1.29 is 13.6 Å². The van der Waals surface area contributed by atoms with Gasteiger partial charge in [-0.25, -0.2) is 0 Å². The van der Waals surface area contributed by atoms with E-state index < -0.39 is 12.5 Å². The SMILES string of the molecule is CN1C(=O)Cc2cc(C(F)(F)CN)ccc21. The van der Waals surface area contributed by atoms with Crippen LogP contribution < -0.4 is 10.6 Å². The van der Waals surface area contributed by atoms with E-state index in [-0.39, 0.29) is 17.9 Å². The highest BCUT2D eigenvalue weighted by Crippen LogP contribution is 2.33. The Morgan fingerprint density at radius 3 is 2.81 bits per heavy atom. The highest BCUT2D eigenvalue weighted by Gasteiger charge is 2.32. The fraction of sp³-hybridized carbons (Fsp3) is 0.364. The van der Waals surface area contributed by atoms with E-state index in [9.17, 15) is 13.6 Å². The Kier molecular flexibility index (Phi) is 2.42. The van der Waals surface area contributed by atoms with Crippen molar-refractivity contribution in [2.45, 2.75) is 12.3 Å². The maximum absolute atomic E-state index is 13.3. The maximum atomic E-state index is 13.3. The first kappa shape index (κ1) is 11.0. The van der Waals surface area contributed by atoms with Crippen molar-refractivity contribution in [2.75, 3.05) is 18.5 Å². The summed E-state index contributed by atoms with van der Waals surface area (Å²) in [6.45, 7) is -0.727. The first-order valence-electron chi connectivity index (χ1n) is 4.93. The van der Waals surface area contributed by atoms with Gasteiger partial charge in [0.05, 0.1) is 13.0 Å². The van der Waals surface area contributed by atoms with Gasteiger partial charge in [0.25, 0.3) is 5.92 Å². The van der Waals surface area contributed by atoms with Crippen LogP contribution in [0.2, 0.25) is 0 Å². The molecule has 0 spiro atoms. The molecule has 3 nitrogen and oxygen atoms in total. The van der Waals surface area contributed by atoms with Crippen LogP contribution in [-0.2, 0) is 17.1 Å². The topological polar surface area (TPSA) is 46.3 Å². The Balaban J connectivity index is 2.43. The number of rotatable bonds is 2. The van der Waals surface area contributed by atoms with Gasteiger partial charge in [0.1, 0.15) is 0 Å². The van der Waals surface area contributed by atoms with Crippen LogP contribution in [0.15, 0.2) is 18.2 Å². The molecule has 0 bridgehead atoms. The van der Waals surface area contributed by atoms with Gasteiger partial charge >= 0.3 is 0 Å². The summed E-state index contributed by atoms with van der Waals surface area (Å²) >= 11 is 0. The summed E-state index contributed by atoms with van der Waals surface area (Å²) < 4.78 is 26.6. The minimum absolute atomic E-state index is 0.0804. The lowest BCUT2D eigenvalue weighted by Crippen LogP contribution is -2.25. The molecule has 0 unspecified atom stereocenters. The number of alkyl halides is 2. The van der Waals surface area contributed by atoms with Gasteiger partial charge in [-0.15, -0.1) is 0 Å². The number of hydrogen-bond acceptors (Lipinski definition) is 2. The van der Waals surface area contributed by atoms with Crippen LogP contribution in [0.4, 0.5) is 14.5 Å². The summed E-state index contributed by atoms with van der Waals surface area (Å²) in [5.41, 5.74) is 6.22. The Bertz CT molecular complexity index is 446. The molecule has 2 rings (SSSR count). The third-order valence-electron chi connectivity index (χ3n) is 2.84. The molecule has 5 heteroatoms. The molecule has 0 saturated carbocycles. The number of fused-ring (bicyclic) bond motifs is 1. The molecule has 86 valence electrons. The predicted octanol–water partition coefficient (Wildman–Crippen LogP) is 1.26. The number of benzene rings is 1. The lowest BCUT2D eigenvalue weighted by Gasteiger charge is -2.16. The summed E-state index contributed by atoms with van der Waals surface area (Å²) in [6, 6.07) is 4.23. The number of carbonyl (C=O) groups excluding carboxylic acids is 1. The monoisotopic (exact) mass is 226 g/mol. The average molecular weight is 226 g/mol. The summed E-state index contributed by atoms with van der Waals surface area (Å²) in [5, 5.41) is 0. The van der Waals surface area contributed by atoms with E-state index in [1.165, 1.54) is 17.0 Å². The zero-order chi connectivity index (χ0) is 11.9. The molecule has 1 aromatic carbocycles. The van der Waals surface area contributed by atoms with Crippen LogP contribution in [0, 0.1) is 0 Å². The molecule has 1 aromatic rings. The van der Waals surface area contributed by atoms with Gasteiger partial charge in [-0.2, -0.15) is 8.78 Å². The van der Waals surface area contributed by atoms with Crippen molar-refractivity contribution >= 4 is 11.6 Å². The standard InChI is InChI=1S/C11H12F2N2O/c1-15-9-3-2-8(11(12,13)6-14)4-7(9)5-10(15)16/h2-4H,5-6,14H2,1H3. The highest BCUT2D eigenvalue weighted by atomic mass is 19.3. The zero-order valence-electron chi connectivity index (χ0n) is 8.84. The molecule has 0 saturated heterocycles. The van der Waals surface area contributed by atoms with Crippen LogP contribution >= 0.6 is 0 Å². The lowest BCUT2D eigenvalue weighted by atomic mass is 10.0. The molecule has 1 heterocycles. The number of halogens is 2. The van der Waals surface area contributed by atoms with Crippen LogP contribution in [0.5, 0.6) is 0 Å². The lowest BCUT2D eigenvalue weighted by molar-refractivity contribution is -0.117. The van der Waals surface area contributed by atoms with E-state index in [2.05, 4.69) is 0 Å². The van der Waals surface area contributed by atoms with E-state index in [0.717, 1.165) is 0 Å². The molecule has 0 fully saturated rings. The van der Waals surface area contributed by atoms with Gasteiger partial charge < -0.3 is 10.6 Å². The number of likely N-dealkylation sites (N-methyl/N-ethyl adjacent to an activating group) is 1. The molecule has 1 amide bonds. The molecule has 0 aromatic heterocycles. The molecule has 2 N–H and O–H groups in total. The molecular weight excluding hydrogens is 214 g/mol. The van der Waals surface area contributed by atoms with Gasteiger partial charge in [0, 0.05) is 18.3 Å². The van der Waals surface area contributed by atoms with Crippen LogP contribution in [0.3, 0.4) is 0 Å². The van der Waals surface area contributed by atoms with E-state index >= 15 is 0 Å². The highest BCUT2D eigenvalue weighted by molar-refractivity contribution is 6.00. The van der Waals surface area contributed by atoms with Crippen molar-refractivity contribution in [3.05, 3.63) is 29.3 Å². The van der Waals surface area contributed by atoms with Gasteiger partial charge in [0.2, 0.25) is 5.91 Å². The van der Waals surface area contributed by atoms with Gasteiger partial charge in [-0.3, -0.25) is 4.79 Å².